The van der Waals surface area contributed by atoms with E-state index in [-0.39, 0.29) is 11.7 Å². The minimum atomic E-state index is -0.0707. The second-order valence-electron chi connectivity index (χ2n) is 6.62. The zero-order valence-electron chi connectivity index (χ0n) is 15.0. The first-order valence-corrected chi connectivity index (χ1v) is 11.1. The Morgan fingerprint density at radius 3 is 2.86 bits per heavy atom. The van der Waals surface area contributed by atoms with E-state index in [0.29, 0.717) is 16.3 Å². The largest absolute Gasteiger partial charge is 0.464 e. The van der Waals surface area contributed by atoms with E-state index in [1.54, 1.807) is 22.6 Å². The van der Waals surface area contributed by atoms with Crippen LogP contribution in [0.5, 0.6) is 0 Å². The van der Waals surface area contributed by atoms with Crippen LogP contribution >= 0.6 is 23.1 Å². The monoisotopic (exact) mass is 410 g/mol. The number of benzene rings is 1. The summed E-state index contributed by atoms with van der Waals surface area (Å²) in [6.07, 6.45) is 4.00. The summed E-state index contributed by atoms with van der Waals surface area (Å²) in [5, 5.41) is 3.25. The quantitative estimate of drug-likeness (QED) is 0.343. The van der Waals surface area contributed by atoms with E-state index in [1.807, 2.05) is 47.8 Å². The lowest BCUT2D eigenvalue weighted by molar-refractivity contribution is 0.129. The number of aromatic nitrogens is 2. The van der Waals surface area contributed by atoms with Gasteiger partial charge in [-0.1, -0.05) is 30.0 Å². The van der Waals surface area contributed by atoms with Gasteiger partial charge < -0.3 is 9.15 Å². The summed E-state index contributed by atoms with van der Waals surface area (Å²) in [6, 6.07) is 13.4. The van der Waals surface area contributed by atoms with Crippen molar-refractivity contribution in [2.24, 2.45) is 0 Å². The van der Waals surface area contributed by atoms with Gasteiger partial charge in [-0.2, -0.15) is 0 Å². The molecule has 0 bridgehead atoms. The molecule has 0 N–H and O–H groups in total. The van der Waals surface area contributed by atoms with Crippen molar-refractivity contribution in [3.63, 3.8) is 0 Å². The Kier molecular flexibility index (Phi) is 4.80. The molecule has 28 heavy (non-hydrogen) atoms. The smallest absolute Gasteiger partial charge is 0.268 e. The molecule has 1 atom stereocenters. The fourth-order valence-corrected chi connectivity index (χ4v) is 5.48. The van der Waals surface area contributed by atoms with Gasteiger partial charge in [-0.25, -0.2) is 4.98 Å². The molecule has 1 unspecified atom stereocenters. The highest BCUT2D eigenvalue weighted by atomic mass is 32.2. The maximum absolute atomic E-state index is 13.6. The summed E-state index contributed by atoms with van der Waals surface area (Å²) in [6.45, 7) is 0.820. The Morgan fingerprint density at radius 2 is 2.11 bits per heavy atom. The van der Waals surface area contributed by atoms with Crippen LogP contribution in [-0.4, -0.2) is 28.0 Å². The number of furan rings is 1. The van der Waals surface area contributed by atoms with Gasteiger partial charge in [0.05, 0.1) is 23.4 Å². The first kappa shape index (κ1) is 17.7. The molecule has 0 amide bonds. The van der Waals surface area contributed by atoms with Crippen molar-refractivity contribution in [1.82, 2.24) is 9.55 Å². The zero-order valence-corrected chi connectivity index (χ0v) is 16.7. The predicted molar refractivity (Wildman–Crippen MR) is 113 cm³/mol. The van der Waals surface area contributed by atoms with E-state index in [4.69, 9.17) is 14.1 Å². The van der Waals surface area contributed by atoms with Crippen LogP contribution in [0.2, 0.25) is 0 Å². The fraction of sp³-hybridized carbons (Fsp3) is 0.238. The number of nitrogens with zero attached hydrogens (tertiary/aromatic N) is 2. The van der Waals surface area contributed by atoms with Gasteiger partial charge in [0.1, 0.15) is 10.6 Å². The lowest BCUT2D eigenvalue weighted by Gasteiger charge is -2.14. The molecule has 5 rings (SSSR count). The molecule has 0 saturated carbocycles. The van der Waals surface area contributed by atoms with Crippen molar-refractivity contribution in [1.29, 1.82) is 0 Å². The van der Waals surface area contributed by atoms with Crippen LogP contribution < -0.4 is 5.56 Å². The van der Waals surface area contributed by atoms with Gasteiger partial charge in [-0.15, -0.1) is 11.3 Å². The first-order chi connectivity index (χ1) is 13.8. The molecule has 1 aliphatic heterocycles. The van der Waals surface area contributed by atoms with E-state index in [9.17, 15) is 4.79 Å². The summed E-state index contributed by atoms with van der Waals surface area (Å²) in [5.74, 6) is 1.48. The maximum Gasteiger partial charge on any atom is 0.268 e. The molecule has 7 heteroatoms. The van der Waals surface area contributed by atoms with Crippen molar-refractivity contribution in [3.05, 3.63) is 64.5 Å². The van der Waals surface area contributed by atoms with Crippen LogP contribution in [0.25, 0.3) is 27.2 Å². The predicted octanol–water partition coefficient (Wildman–Crippen LogP) is 4.98. The highest BCUT2D eigenvalue weighted by molar-refractivity contribution is 7.99. The molecule has 1 saturated heterocycles. The third kappa shape index (κ3) is 3.19. The summed E-state index contributed by atoms with van der Waals surface area (Å²) in [4.78, 5) is 19.2. The second-order valence-corrected chi connectivity index (χ2v) is 8.47. The third-order valence-corrected chi connectivity index (χ3v) is 6.74. The van der Waals surface area contributed by atoms with Gasteiger partial charge in [-0.3, -0.25) is 9.36 Å². The Hall–Kier alpha value is -2.35. The number of para-hydroxylation sites is 1. The van der Waals surface area contributed by atoms with E-state index in [1.165, 1.54) is 11.3 Å². The van der Waals surface area contributed by atoms with Gasteiger partial charge in [0, 0.05) is 23.3 Å². The van der Waals surface area contributed by atoms with Crippen LogP contribution in [-0.2, 0) is 4.74 Å². The Bertz CT molecular complexity index is 1140. The van der Waals surface area contributed by atoms with Gasteiger partial charge >= 0.3 is 0 Å². The summed E-state index contributed by atoms with van der Waals surface area (Å²) >= 11 is 3.06. The second kappa shape index (κ2) is 7.58. The molecule has 0 radical (unpaired) electrons. The van der Waals surface area contributed by atoms with Crippen molar-refractivity contribution in [2.75, 3.05) is 12.4 Å². The molecule has 1 aromatic carbocycles. The standard InChI is InChI=1S/C21H18N2O3S2/c24-20-18-16(17-9-5-11-26-17)13-27-19(18)22-21(28-12-15-8-4-10-25-15)23(20)14-6-2-1-3-7-14/h1-3,5-7,9,11,13,15H,4,8,10,12H2. The Balaban J connectivity index is 1.66. The molecule has 0 spiro atoms. The van der Waals surface area contributed by atoms with E-state index in [2.05, 4.69) is 0 Å². The number of thiophene rings is 1. The average Bonchev–Trinajstić information content (AvgIpc) is 3.47. The fourth-order valence-electron chi connectivity index (χ4n) is 3.43. The Labute approximate surface area is 170 Å². The molecule has 1 fully saturated rings. The van der Waals surface area contributed by atoms with Crippen molar-refractivity contribution < 1.29 is 9.15 Å². The summed E-state index contributed by atoms with van der Waals surface area (Å²) in [7, 11) is 0. The minimum Gasteiger partial charge on any atom is -0.464 e. The summed E-state index contributed by atoms with van der Waals surface area (Å²) < 4.78 is 13.0. The number of fused-ring (bicyclic) bond motifs is 1. The molecule has 5 nitrogen and oxygen atoms in total. The topological polar surface area (TPSA) is 57.3 Å². The summed E-state index contributed by atoms with van der Waals surface area (Å²) in [5.41, 5.74) is 1.54. The van der Waals surface area contributed by atoms with Gasteiger partial charge in [-0.05, 0) is 37.1 Å². The van der Waals surface area contributed by atoms with Gasteiger partial charge in [0.15, 0.2) is 5.16 Å². The SMILES string of the molecule is O=c1c2c(-c3ccco3)csc2nc(SCC2CCCO2)n1-c1ccccc1. The highest BCUT2D eigenvalue weighted by Crippen LogP contribution is 2.33. The van der Waals surface area contributed by atoms with Crippen LogP contribution in [0.1, 0.15) is 12.8 Å². The van der Waals surface area contributed by atoms with E-state index < -0.39 is 0 Å². The minimum absolute atomic E-state index is 0.0707. The van der Waals surface area contributed by atoms with Gasteiger partial charge in [0.2, 0.25) is 0 Å². The van der Waals surface area contributed by atoms with Crippen LogP contribution in [0.4, 0.5) is 0 Å². The van der Waals surface area contributed by atoms with Gasteiger partial charge in [0.25, 0.3) is 5.56 Å². The average molecular weight is 411 g/mol. The highest BCUT2D eigenvalue weighted by Gasteiger charge is 2.21. The number of hydrogen-bond acceptors (Lipinski definition) is 6. The van der Waals surface area contributed by atoms with E-state index in [0.717, 1.165) is 41.3 Å². The van der Waals surface area contributed by atoms with Crippen LogP contribution in [0, 0.1) is 0 Å². The van der Waals surface area contributed by atoms with E-state index >= 15 is 0 Å². The molecule has 142 valence electrons. The van der Waals surface area contributed by atoms with Crippen molar-refractivity contribution in [2.45, 2.75) is 24.1 Å². The van der Waals surface area contributed by atoms with Crippen LogP contribution in [0.3, 0.4) is 0 Å². The lowest BCUT2D eigenvalue weighted by atomic mass is 10.2. The molecule has 4 aromatic rings. The molecular formula is C21H18N2O3S2. The number of rotatable bonds is 5. The molecule has 4 heterocycles. The zero-order chi connectivity index (χ0) is 18.9. The third-order valence-electron chi connectivity index (χ3n) is 4.80. The molecular weight excluding hydrogens is 392 g/mol. The normalized spacial score (nSPS) is 16.8. The first-order valence-electron chi connectivity index (χ1n) is 9.19. The van der Waals surface area contributed by atoms with Crippen molar-refractivity contribution in [3.8, 4) is 17.0 Å². The number of ether oxygens (including phenoxy) is 1. The Morgan fingerprint density at radius 1 is 1.21 bits per heavy atom. The number of hydrogen-bond donors (Lipinski definition) is 0. The molecule has 1 aliphatic rings. The van der Waals surface area contributed by atoms with Crippen molar-refractivity contribution >= 4 is 33.3 Å². The lowest BCUT2D eigenvalue weighted by Crippen LogP contribution is -2.22. The number of thioether (sulfide) groups is 1. The maximum atomic E-state index is 13.6. The molecule has 0 aliphatic carbocycles. The molecule has 3 aromatic heterocycles. The van der Waals surface area contributed by atoms with Crippen LogP contribution in [0.15, 0.2) is 68.5 Å².